The monoisotopic (exact) mass is 386 g/mol. The van der Waals surface area contributed by atoms with E-state index in [1.165, 1.54) is 41.1 Å². The summed E-state index contributed by atoms with van der Waals surface area (Å²) in [5.41, 5.74) is 0.308. The summed E-state index contributed by atoms with van der Waals surface area (Å²) >= 11 is 0. The maximum atomic E-state index is 13.0. The van der Waals surface area contributed by atoms with Gasteiger partial charge in [0.2, 0.25) is 11.7 Å². The van der Waals surface area contributed by atoms with Crippen molar-refractivity contribution < 1.29 is 18.4 Å². The van der Waals surface area contributed by atoms with Crippen LogP contribution < -0.4 is 10.9 Å². The van der Waals surface area contributed by atoms with Crippen molar-refractivity contribution in [3.05, 3.63) is 58.8 Å². The molecule has 0 fully saturated rings. The lowest BCUT2D eigenvalue weighted by Gasteiger charge is -2.07. The maximum Gasteiger partial charge on any atom is 0.263 e. The largest absolute Gasteiger partial charge is 0.385 e. The first kappa shape index (κ1) is 19.4. The van der Waals surface area contributed by atoms with E-state index in [1.54, 1.807) is 13.2 Å². The molecule has 2 aromatic heterocycles. The van der Waals surface area contributed by atoms with E-state index < -0.39 is 5.56 Å². The van der Waals surface area contributed by atoms with Gasteiger partial charge in [0.1, 0.15) is 17.9 Å². The number of pyridine rings is 1. The van der Waals surface area contributed by atoms with Gasteiger partial charge in [-0.2, -0.15) is 4.98 Å². The number of benzene rings is 1. The second-order valence-corrected chi connectivity index (χ2v) is 5.98. The van der Waals surface area contributed by atoms with Crippen LogP contribution >= 0.6 is 0 Å². The molecule has 1 aromatic carbocycles. The van der Waals surface area contributed by atoms with Crippen LogP contribution in [0.5, 0.6) is 0 Å². The first-order valence-corrected chi connectivity index (χ1v) is 8.63. The Morgan fingerprint density at radius 2 is 2.07 bits per heavy atom. The van der Waals surface area contributed by atoms with Gasteiger partial charge in [-0.15, -0.1) is 0 Å². The number of amides is 1. The van der Waals surface area contributed by atoms with Crippen molar-refractivity contribution in [2.75, 3.05) is 20.3 Å². The molecule has 1 amide bonds. The SMILES string of the molecule is COCCCNC(=O)Cn1cccc(-c2nc(-c3ccc(F)cc3)no2)c1=O. The number of carbonyl (C=O) groups is 1. The molecule has 0 unspecified atom stereocenters. The smallest absolute Gasteiger partial charge is 0.263 e. The highest BCUT2D eigenvalue weighted by atomic mass is 19.1. The first-order chi connectivity index (χ1) is 13.6. The molecule has 0 aliphatic rings. The molecule has 0 spiro atoms. The predicted molar refractivity (Wildman–Crippen MR) is 98.9 cm³/mol. The average molecular weight is 386 g/mol. The Morgan fingerprint density at radius 1 is 1.29 bits per heavy atom. The van der Waals surface area contributed by atoms with Crippen LogP contribution in [0.3, 0.4) is 0 Å². The van der Waals surface area contributed by atoms with Crippen LogP contribution in [0.1, 0.15) is 6.42 Å². The van der Waals surface area contributed by atoms with Gasteiger partial charge in [0.05, 0.1) is 0 Å². The normalized spacial score (nSPS) is 10.8. The minimum absolute atomic E-state index is 0.0270. The second kappa shape index (κ2) is 9.05. The van der Waals surface area contributed by atoms with E-state index in [-0.39, 0.29) is 35.5 Å². The van der Waals surface area contributed by atoms with E-state index in [9.17, 15) is 14.0 Å². The quantitative estimate of drug-likeness (QED) is 0.593. The maximum absolute atomic E-state index is 13.0. The fourth-order valence-corrected chi connectivity index (χ4v) is 2.53. The number of halogens is 1. The molecule has 146 valence electrons. The average Bonchev–Trinajstić information content (AvgIpc) is 3.17. The van der Waals surface area contributed by atoms with Gasteiger partial charge in [-0.3, -0.25) is 9.59 Å². The number of ether oxygens (including phenoxy) is 1. The number of nitrogens with zero attached hydrogens (tertiary/aromatic N) is 3. The van der Waals surface area contributed by atoms with Gasteiger partial charge in [0.25, 0.3) is 11.4 Å². The van der Waals surface area contributed by atoms with Gasteiger partial charge in [-0.1, -0.05) is 5.16 Å². The highest BCUT2D eigenvalue weighted by molar-refractivity contribution is 5.75. The summed E-state index contributed by atoms with van der Waals surface area (Å²) in [7, 11) is 1.59. The Kier molecular flexibility index (Phi) is 6.28. The molecule has 0 aliphatic carbocycles. The van der Waals surface area contributed by atoms with Crippen molar-refractivity contribution in [3.8, 4) is 22.8 Å². The molecule has 9 heteroatoms. The highest BCUT2D eigenvalue weighted by Crippen LogP contribution is 2.20. The third kappa shape index (κ3) is 4.68. The Hall–Kier alpha value is -3.33. The van der Waals surface area contributed by atoms with E-state index in [1.807, 2.05) is 0 Å². The number of nitrogens with one attached hydrogen (secondary N) is 1. The number of hydrogen-bond acceptors (Lipinski definition) is 6. The van der Waals surface area contributed by atoms with E-state index in [0.717, 1.165) is 0 Å². The van der Waals surface area contributed by atoms with Crippen LogP contribution in [0.25, 0.3) is 22.8 Å². The summed E-state index contributed by atoms with van der Waals surface area (Å²) in [6.45, 7) is 0.883. The summed E-state index contributed by atoms with van der Waals surface area (Å²) in [6.07, 6.45) is 2.20. The van der Waals surface area contributed by atoms with Crippen molar-refractivity contribution in [1.29, 1.82) is 0 Å². The van der Waals surface area contributed by atoms with Gasteiger partial charge in [-0.05, 0) is 42.8 Å². The molecule has 8 nitrogen and oxygen atoms in total. The predicted octanol–water partition coefficient (Wildman–Crippen LogP) is 1.86. The van der Waals surface area contributed by atoms with Gasteiger partial charge in [0, 0.05) is 32.0 Å². The summed E-state index contributed by atoms with van der Waals surface area (Å²) in [4.78, 5) is 28.9. The second-order valence-electron chi connectivity index (χ2n) is 5.98. The van der Waals surface area contributed by atoms with Gasteiger partial charge in [-0.25, -0.2) is 4.39 Å². The van der Waals surface area contributed by atoms with E-state index >= 15 is 0 Å². The van der Waals surface area contributed by atoms with Crippen LogP contribution in [0, 0.1) is 5.82 Å². The molecule has 0 saturated carbocycles. The van der Waals surface area contributed by atoms with Gasteiger partial charge < -0.3 is 19.1 Å². The minimum atomic E-state index is -0.427. The molecule has 2 heterocycles. The van der Waals surface area contributed by atoms with Gasteiger partial charge >= 0.3 is 0 Å². The highest BCUT2D eigenvalue weighted by Gasteiger charge is 2.16. The lowest BCUT2D eigenvalue weighted by molar-refractivity contribution is -0.121. The van der Waals surface area contributed by atoms with Crippen molar-refractivity contribution in [3.63, 3.8) is 0 Å². The summed E-state index contributed by atoms with van der Waals surface area (Å²) < 4.78 is 24.4. The zero-order chi connectivity index (χ0) is 19.9. The lowest BCUT2D eigenvalue weighted by Crippen LogP contribution is -2.33. The molecular weight excluding hydrogens is 367 g/mol. The number of aromatic nitrogens is 3. The molecule has 28 heavy (non-hydrogen) atoms. The zero-order valence-corrected chi connectivity index (χ0v) is 15.2. The molecule has 0 bridgehead atoms. The zero-order valence-electron chi connectivity index (χ0n) is 15.2. The molecule has 0 aliphatic heterocycles. The van der Waals surface area contributed by atoms with Crippen molar-refractivity contribution in [2.24, 2.45) is 0 Å². The number of methoxy groups -OCH3 is 1. The molecule has 0 atom stereocenters. The third-order valence-electron chi connectivity index (χ3n) is 3.94. The molecule has 3 aromatic rings. The fraction of sp³-hybridized carbons (Fsp3) is 0.263. The van der Waals surface area contributed by atoms with Gasteiger partial charge in [0.15, 0.2) is 0 Å². The van der Waals surface area contributed by atoms with Crippen LogP contribution in [0.15, 0.2) is 51.9 Å². The Balaban J connectivity index is 1.75. The molecule has 1 N–H and O–H groups in total. The standard InChI is InChI=1S/C19H19FN4O4/c1-27-11-3-9-21-16(25)12-24-10-2-4-15(19(24)26)18-22-17(23-28-18)13-5-7-14(20)8-6-13/h2,4-8,10H,3,9,11-12H2,1H3,(H,21,25). The first-order valence-electron chi connectivity index (χ1n) is 8.63. The van der Waals surface area contributed by atoms with Crippen LogP contribution in [0.4, 0.5) is 4.39 Å². The number of hydrogen-bond donors (Lipinski definition) is 1. The summed E-state index contributed by atoms with van der Waals surface area (Å²) in [6, 6.07) is 8.76. The fourth-order valence-electron chi connectivity index (χ4n) is 2.53. The topological polar surface area (TPSA) is 99.2 Å². The van der Waals surface area contributed by atoms with E-state index in [0.29, 0.717) is 25.1 Å². The summed E-state index contributed by atoms with van der Waals surface area (Å²) in [5.74, 6) is -0.397. The number of rotatable bonds is 8. The Labute approximate surface area is 160 Å². The molecule has 0 radical (unpaired) electrons. The van der Waals surface area contributed by atoms with Crippen molar-refractivity contribution in [1.82, 2.24) is 20.0 Å². The Morgan fingerprint density at radius 3 is 2.82 bits per heavy atom. The van der Waals surface area contributed by atoms with Crippen molar-refractivity contribution in [2.45, 2.75) is 13.0 Å². The van der Waals surface area contributed by atoms with Crippen LogP contribution in [-0.4, -0.2) is 40.9 Å². The van der Waals surface area contributed by atoms with Crippen LogP contribution in [0.2, 0.25) is 0 Å². The third-order valence-corrected chi connectivity index (χ3v) is 3.94. The minimum Gasteiger partial charge on any atom is -0.385 e. The molecule has 3 rings (SSSR count). The Bertz CT molecular complexity index is 998. The van der Waals surface area contributed by atoms with Crippen molar-refractivity contribution >= 4 is 5.91 Å². The van der Waals surface area contributed by atoms with Crippen LogP contribution in [-0.2, 0) is 16.1 Å². The molecular formula is C19H19FN4O4. The summed E-state index contributed by atoms with van der Waals surface area (Å²) in [5, 5.41) is 6.56. The van der Waals surface area contributed by atoms with E-state index in [4.69, 9.17) is 9.26 Å². The van der Waals surface area contributed by atoms with E-state index in [2.05, 4.69) is 15.5 Å². The number of carbonyl (C=O) groups excluding carboxylic acids is 1. The molecule has 0 saturated heterocycles. The lowest BCUT2D eigenvalue weighted by atomic mass is 10.2.